The average Bonchev–Trinajstić information content (AvgIpc) is 3.34. The van der Waals surface area contributed by atoms with Crippen LogP contribution in [0, 0.1) is 0 Å². The summed E-state index contributed by atoms with van der Waals surface area (Å²) in [6.45, 7) is 2.14. The van der Waals surface area contributed by atoms with Crippen molar-refractivity contribution in [2.24, 2.45) is 0 Å². The van der Waals surface area contributed by atoms with Gasteiger partial charge in [0, 0.05) is 23.1 Å². The molecule has 0 atom stereocenters. The molecule has 0 unspecified atom stereocenters. The molecular formula is C23H21NO3. The Bertz CT molecular complexity index is 966. The number of ketones is 1. The Labute approximate surface area is 158 Å². The highest BCUT2D eigenvalue weighted by Crippen LogP contribution is 2.47. The minimum atomic E-state index is -0.205. The molecule has 1 amide bonds. The molecule has 1 saturated carbocycles. The molecule has 27 heavy (non-hydrogen) atoms. The highest BCUT2D eigenvalue weighted by atomic mass is 16.3. The van der Waals surface area contributed by atoms with Crippen molar-refractivity contribution in [3.05, 3.63) is 83.6 Å². The van der Waals surface area contributed by atoms with Crippen LogP contribution in [0.5, 0.6) is 0 Å². The smallest absolute Gasteiger partial charge is 0.287 e. The third-order valence-corrected chi connectivity index (χ3v) is 5.23. The Balaban J connectivity index is 1.42. The van der Waals surface area contributed by atoms with Gasteiger partial charge in [0.25, 0.3) is 5.91 Å². The van der Waals surface area contributed by atoms with Crippen molar-refractivity contribution in [1.29, 1.82) is 0 Å². The standard InChI is InChI=1S/C23H21NO3/c1-16(25)17-7-9-18(10-8-17)20-11-12-21(27-20)22(26)24-15-23(13-14-23)19-5-3-2-4-6-19/h2-12H,13-15H2,1H3,(H,24,26). The molecule has 0 radical (unpaired) electrons. The zero-order valence-corrected chi connectivity index (χ0v) is 15.2. The summed E-state index contributed by atoms with van der Waals surface area (Å²) in [5.74, 6) is 0.723. The summed E-state index contributed by atoms with van der Waals surface area (Å²) in [6.07, 6.45) is 2.17. The maximum Gasteiger partial charge on any atom is 0.287 e. The normalized spacial score (nSPS) is 14.6. The van der Waals surface area contributed by atoms with Crippen LogP contribution in [0.1, 0.15) is 46.2 Å². The van der Waals surface area contributed by atoms with Gasteiger partial charge in [0.1, 0.15) is 5.76 Å². The van der Waals surface area contributed by atoms with Gasteiger partial charge in [0.05, 0.1) is 0 Å². The molecule has 1 heterocycles. The maximum atomic E-state index is 12.5. The Morgan fingerprint density at radius 2 is 1.67 bits per heavy atom. The summed E-state index contributed by atoms with van der Waals surface area (Å²) >= 11 is 0. The molecule has 0 saturated heterocycles. The zero-order chi connectivity index (χ0) is 18.9. The largest absolute Gasteiger partial charge is 0.451 e. The number of hydrogen-bond acceptors (Lipinski definition) is 3. The summed E-state index contributed by atoms with van der Waals surface area (Å²) in [5, 5.41) is 3.01. The Morgan fingerprint density at radius 3 is 2.30 bits per heavy atom. The van der Waals surface area contributed by atoms with E-state index in [0.717, 1.165) is 18.4 Å². The fraction of sp³-hybridized carbons (Fsp3) is 0.217. The van der Waals surface area contributed by atoms with E-state index in [1.807, 2.05) is 30.3 Å². The van der Waals surface area contributed by atoms with Crippen LogP contribution >= 0.6 is 0 Å². The first-order valence-electron chi connectivity index (χ1n) is 9.12. The van der Waals surface area contributed by atoms with E-state index in [-0.39, 0.29) is 17.1 Å². The third kappa shape index (κ3) is 3.56. The number of furan rings is 1. The molecule has 136 valence electrons. The molecule has 0 aliphatic heterocycles. The van der Waals surface area contributed by atoms with Crippen molar-refractivity contribution < 1.29 is 14.0 Å². The van der Waals surface area contributed by atoms with Crippen molar-refractivity contribution in [3.8, 4) is 11.3 Å². The van der Waals surface area contributed by atoms with Gasteiger partial charge in [-0.2, -0.15) is 0 Å². The van der Waals surface area contributed by atoms with Crippen LogP contribution in [-0.4, -0.2) is 18.2 Å². The SMILES string of the molecule is CC(=O)c1ccc(-c2ccc(C(=O)NCC3(c4ccccc4)CC3)o2)cc1. The second kappa shape index (κ2) is 6.88. The fourth-order valence-corrected chi connectivity index (χ4v) is 3.33. The van der Waals surface area contributed by atoms with E-state index in [0.29, 0.717) is 23.6 Å². The first kappa shape index (κ1) is 17.3. The third-order valence-electron chi connectivity index (χ3n) is 5.23. The molecule has 0 spiro atoms. The van der Waals surface area contributed by atoms with E-state index in [1.54, 1.807) is 24.3 Å². The molecule has 0 bridgehead atoms. The van der Waals surface area contributed by atoms with E-state index in [9.17, 15) is 9.59 Å². The quantitative estimate of drug-likeness (QED) is 0.654. The van der Waals surface area contributed by atoms with E-state index >= 15 is 0 Å². The second-order valence-corrected chi connectivity index (χ2v) is 7.13. The molecular weight excluding hydrogens is 338 g/mol. The summed E-state index contributed by atoms with van der Waals surface area (Å²) in [6, 6.07) is 21.0. The van der Waals surface area contributed by atoms with Crippen molar-refractivity contribution in [2.75, 3.05) is 6.54 Å². The highest BCUT2D eigenvalue weighted by molar-refractivity contribution is 5.94. The van der Waals surface area contributed by atoms with Crippen molar-refractivity contribution in [2.45, 2.75) is 25.2 Å². The van der Waals surface area contributed by atoms with Crippen molar-refractivity contribution in [1.82, 2.24) is 5.32 Å². The summed E-state index contributed by atoms with van der Waals surface area (Å²) in [7, 11) is 0. The minimum absolute atomic E-state index is 0.0217. The van der Waals surface area contributed by atoms with Gasteiger partial charge in [-0.1, -0.05) is 54.6 Å². The van der Waals surface area contributed by atoms with Gasteiger partial charge >= 0.3 is 0 Å². The summed E-state index contributed by atoms with van der Waals surface area (Å²) in [4.78, 5) is 23.9. The van der Waals surface area contributed by atoms with Gasteiger partial charge in [0.15, 0.2) is 11.5 Å². The number of Topliss-reactive ketones (excluding diaryl/α,β-unsaturated/α-hetero) is 1. The van der Waals surface area contributed by atoms with Crippen LogP contribution in [0.25, 0.3) is 11.3 Å². The maximum absolute atomic E-state index is 12.5. The number of carbonyl (C=O) groups excluding carboxylic acids is 2. The molecule has 1 fully saturated rings. The van der Waals surface area contributed by atoms with Gasteiger partial charge in [0.2, 0.25) is 0 Å². The Hall–Kier alpha value is -3.14. The van der Waals surface area contributed by atoms with Crippen LogP contribution in [-0.2, 0) is 5.41 Å². The van der Waals surface area contributed by atoms with Crippen LogP contribution in [0.2, 0.25) is 0 Å². The fourth-order valence-electron chi connectivity index (χ4n) is 3.33. The molecule has 2 aromatic carbocycles. The lowest BCUT2D eigenvalue weighted by molar-refractivity contribution is 0.0922. The average molecular weight is 359 g/mol. The van der Waals surface area contributed by atoms with E-state index in [1.165, 1.54) is 12.5 Å². The van der Waals surface area contributed by atoms with E-state index in [2.05, 4.69) is 17.4 Å². The van der Waals surface area contributed by atoms with Crippen LogP contribution in [0.4, 0.5) is 0 Å². The van der Waals surface area contributed by atoms with Crippen LogP contribution in [0.3, 0.4) is 0 Å². The predicted molar refractivity (Wildman–Crippen MR) is 104 cm³/mol. The van der Waals surface area contributed by atoms with Gasteiger partial charge in [-0.15, -0.1) is 0 Å². The Kier molecular flexibility index (Phi) is 4.40. The number of nitrogens with one attached hydrogen (secondary N) is 1. The van der Waals surface area contributed by atoms with Gasteiger partial charge in [-0.3, -0.25) is 9.59 Å². The minimum Gasteiger partial charge on any atom is -0.451 e. The highest BCUT2D eigenvalue weighted by Gasteiger charge is 2.44. The lowest BCUT2D eigenvalue weighted by Gasteiger charge is -2.16. The number of carbonyl (C=O) groups is 2. The summed E-state index contributed by atoms with van der Waals surface area (Å²) < 4.78 is 5.73. The van der Waals surface area contributed by atoms with Crippen LogP contribution < -0.4 is 5.32 Å². The van der Waals surface area contributed by atoms with Gasteiger partial charge < -0.3 is 9.73 Å². The first-order chi connectivity index (χ1) is 13.1. The Morgan fingerprint density at radius 1 is 0.963 bits per heavy atom. The first-order valence-corrected chi connectivity index (χ1v) is 9.12. The molecule has 1 aromatic heterocycles. The topological polar surface area (TPSA) is 59.3 Å². The van der Waals surface area contributed by atoms with Crippen molar-refractivity contribution in [3.63, 3.8) is 0 Å². The lowest BCUT2D eigenvalue weighted by atomic mass is 9.96. The van der Waals surface area contributed by atoms with Gasteiger partial charge in [-0.05, 0) is 37.5 Å². The number of hydrogen-bond donors (Lipinski definition) is 1. The molecule has 4 nitrogen and oxygen atoms in total. The number of benzene rings is 2. The monoisotopic (exact) mass is 359 g/mol. The molecule has 4 heteroatoms. The zero-order valence-electron chi connectivity index (χ0n) is 15.2. The lowest BCUT2D eigenvalue weighted by Crippen LogP contribution is -2.32. The van der Waals surface area contributed by atoms with E-state index < -0.39 is 0 Å². The molecule has 4 rings (SSSR count). The number of rotatable bonds is 6. The second-order valence-electron chi connectivity index (χ2n) is 7.13. The summed E-state index contributed by atoms with van der Waals surface area (Å²) in [5.41, 5.74) is 2.83. The number of amides is 1. The molecule has 1 N–H and O–H groups in total. The van der Waals surface area contributed by atoms with Gasteiger partial charge in [-0.25, -0.2) is 0 Å². The van der Waals surface area contributed by atoms with E-state index in [4.69, 9.17) is 4.42 Å². The molecule has 1 aliphatic rings. The molecule has 3 aromatic rings. The van der Waals surface area contributed by atoms with Crippen LogP contribution in [0.15, 0.2) is 71.1 Å². The molecule has 1 aliphatic carbocycles. The predicted octanol–water partition coefficient (Wildman–Crippen LogP) is 4.61. The van der Waals surface area contributed by atoms with Crippen molar-refractivity contribution >= 4 is 11.7 Å².